The largest absolute Gasteiger partial charge is 0.288 e. The molecule has 0 bridgehead atoms. The van der Waals surface area contributed by atoms with Gasteiger partial charge in [-0.05, 0) is 34.6 Å². The minimum absolute atomic E-state index is 0.0446. The molecule has 0 aliphatic rings. The van der Waals surface area contributed by atoms with Gasteiger partial charge in [0.25, 0.3) is 0 Å². The summed E-state index contributed by atoms with van der Waals surface area (Å²) >= 11 is 0. The SMILES string of the molecule is O=Nc1ccccc1C(=O)c1ccccc1N=O. The topological polar surface area (TPSA) is 75.9 Å². The summed E-state index contributed by atoms with van der Waals surface area (Å²) in [5.41, 5.74) is 0.401. The van der Waals surface area contributed by atoms with E-state index in [9.17, 15) is 14.6 Å². The molecule has 2 aromatic carbocycles. The van der Waals surface area contributed by atoms with Crippen LogP contribution in [0.4, 0.5) is 11.4 Å². The molecule has 0 aliphatic heterocycles. The first-order valence-electron chi connectivity index (χ1n) is 5.17. The van der Waals surface area contributed by atoms with Crippen LogP contribution in [0.2, 0.25) is 0 Å². The Morgan fingerprint density at radius 3 is 1.50 bits per heavy atom. The number of hydrogen-bond donors (Lipinski definition) is 0. The van der Waals surface area contributed by atoms with Crippen LogP contribution in [0, 0.1) is 9.81 Å². The molecule has 0 radical (unpaired) electrons. The van der Waals surface area contributed by atoms with Gasteiger partial charge in [-0.3, -0.25) is 4.79 Å². The smallest absolute Gasteiger partial charge is 0.197 e. The molecule has 18 heavy (non-hydrogen) atoms. The molecular weight excluding hydrogens is 232 g/mol. The van der Waals surface area contributed by atoms with Crippen LogP contribution in [0.1, 0.15) is 15.9 Å². The predicted octanol–water partition coefficient (Wildman–Crippen LogP) is 3.71. The van der Waals surface area contributed by atoms with Gasteiger partial charge in [-0.1, -0.05) is 24.3 Å². The van der Waals surface area contributed by atoms with Crippen molar-refractivity contribution >= 4 is 17.2 Å². The lowest BCUT2D eigenvalue weighted by Crippen LogP contribution is -2.01. The molecule has 0 N–H and O–H groups in total. The van der Waals surface area contributed by atoms with E-state index in [4.69, 9.17) is 0 Å². The normalized spacial score (nSPS) is 9.78. The van der Waals surface area contributed by atoms with E-state index in [1.165, 1.54) is 24.3 Å². The Bertz CT molecular complexity index is 570. The molecule has 0 amide bonds. The third kappa shape index (κ3) is 2.06. The number of nitrogens with zero attached hydrogens (tertiary/aromatic N) is 2. The first-order chi connectivity index (χ1) is 8.77. The third-order valence-electron chi connectivity index (χ3n) is 2.49. The molecule has 5 nitrogen and oxygen atoms in total. The Balaban J connectivity index is 2.54. The number of carbonyl (C=O) groups is 1. The zero-order valence-electron chi connectivity index (χ0n) is 9.24. The molecule has 0 fully saturated rings. The summed E-state index contributed by atoms with van der Waals surface area (Å²) in [5, 5.41) is 5.59. The molecule has 0 spiro atoms. The van der Waals surface area contributed by atoms with Crippen LogP contribution >= 0.6 is 0 Å². The van der Waals surface area contributed by atoms with Crippen LogP contribution in [-0.4, -0.2) is 5.78 Å². The van der Waals surface area contributed by atoms with Crippen molar-refractivity contribution < 1.29 is 4.79 Å². The van der Waals surface area contributed by atoms with E-state index in [1.54, 1.807) is 24.3 Å². The summed E-state index contributed by atoms with van der Waals surface area (Å²) in [6.07, 6.45) is 0. The minimum atomic E-state index is -0.444. The van der Waals surface area contributed by atoms with E-state index >= 15 is 0 Å². The minimum Gasteiger partial charge on any atom is -0.288 e. The number of nitroso groups, excluding NO2 is 2. The number of rotatable bonds is 4. The van der Waals surface area contributed by atoms with Crippen molar-refractivity contribution in [3.8, 4) is 0 Å². The fourth-order valence-electron chi connectivity index (χ4n) is 1.64. The Morgan fingerprint density at radius 2 is 1.11 bits per heavy atom. The number of benzene rings is 2. The maximum absolute atomic E-state index is 12.2. The van der Waals surface area contributed by atoms with Crippen LogP contribution in [0.15, 0.2) is 58.9 Å². The second-order valence-corrected chi connectivity index (χ2v) is 3.55. The zero-order valence-corrected chi connectivity index (χ0v) is 9.24. The second-order valence-electron chi connectivity index (χ2n) is 3.55. The molecular formula is C13H8N2O3. The lowest BCUT2D eigenvalue weighted by atomic mass is 10.0. The van der Waals surface area contributed by atoms with Gasteiger partial charge in [0.05, 0.1) is 11.1 Å². The van der Waals surface area contributed by atoms with Gasteiger partial charge >= 0.3 is 0 Å². The van der Waals surface area contributed by atoms with E-state index in [0.717, 1.165) is 0 Å². The highest BCUT2D eigenvalue weighted by atomic mass is 16.3. The molecule has 0 atom stereocenters. The van der Waals surface area contributed by atoms with Gasteiger partial charge in [-0.2, -0.15) is 0 Å². The van der Waals surface area contributed by atoms with Crippen molar-refractivity contribution in [1.82, 2.24) is 0 Å². The lowest BCUT2D eigenvalue weighted by Gasteiger charge is -2.04. The van der Waals surface area contributed by atoms with Crippen molar-refractivity contribution in [1.29, 1.82) is 0 Å². The van der Waals surface area contributed by atoms with E-state index in [2.05, 4.69) is 10.4 Å². The highest BCUT2D eigenvalue weighted by Gasteiger charge is 2.17. The van der Waals surface area contributed by atoms with Crippen molar-refractivity contribution in [3.63, 3.8) is 0 Å². The van der Waals surface area contributed by atoms with E-state index in [-0.39, 0.29) is 22.5 Å². The van der Waals surface area contributed by atoms with Crippen molar-refractivity contribution in [2.75, 3.05) is 0 Å². The van der Waals surface area contributed by atoms with Gasteiger partial charge in [0.2, 0.25) is 0 Å². The van der Waals surface area contributed by atoms with Gasteiger partial charge in [0.15, 0.2) is 5.78 Å². The first-order valence-corrected chi connectivity index (χ1v) is 5.17. The highest BCUT2D eigenvalue weighted by molar-refractivity contribution is 6.14. The summed E-state index contributed by atoms with van der Waals surface area (Å²) in [6, 6.07) is 12.3. The molecule has 0 heterocycles. The van der Waals surface area contributed by atoms with Crippen LogP contribution in [0.25, 0.3) is 0 Å². The molecule has 88 valence electrons. The van der Waals surface area contributed by atoms with E-state index < -0.39 is 5.78 Å². The average Bonchev–Trinajstić information content (AvgIpc) is 2.46. The molecule has 0 aromatic heterocycles. The van der Waals surface area contributed by atoms with E-state index in [1.807, 2.05) is 0 Å². The van der Waals surface area contributed by atoms with Crippen LogP contribution in [0.3, 0.4) is 0 Å². The van der Waals surface area contributed by atoms with Gasteiger partial charge in [0.1, 0.15) is 11.4 Å². The zero-order chi connectivity index (χ0) is 13.0. The van der Waals surface area contributed by atoms with Crippen LogP contribution in [0.5, 0.6) is 0 Å². The summed E-state index contributed by atoms with van der Waals surface area (Å²) in [5.74, 6) is -0.444. The van der Waals surface area contributed by atoms with Crippen molar-refractivity contribution in [2.45, 2.75) is 0 Å². The van der Waals surface area contributed by atoms with Gasteiger partial charge < -0.3 is 0 Å². The predicted molar refractivity (Wildman–Crippen MR) is 67.2 cm³/mol. The molecule has 0 aliphatic carbocycles. The molecule has 0 saturated carbocycles. The monoisotopic (exact) mass is 240 g/mol. The Labute approximate surface area is 102 Å². The fourth-order valence-corrected chi connectivity index (χ4v) is 1.64. The molecule has 2 rings (SSSR count). The van der Waals surface area contributed by atoms with Crippen molar-refractivity contribution in [2.24, 2.45) is 10.4 Å². The molecule has 5 heteroatoms. The van der Waals surface area contributed by atoms with Crippen LogP contribution in [-0.2, 0) is 0 Å². The number of ketones is 1. The van der Waals surface area contributed by atoms with Gasteiger partial charge in [-0.15, -0.1) is 9.81 Å². The average molecular weight is 240 g/mol. The summed E-state index contributed by atoms with van der Waals surface area (Å²) < 4.78 is 0. The molecule has 2 aromatic rings. The first kappa shape index (κ1) is 11.8. The second kappa shape index (κ2) is 5.09. The number of carbonyl (C=O) groups excluding carboxylic acids is 1. The summed E-state index contributed by atoms with van der Waals surface area (Å²) in [7, 11) is 0. The number of hydrogen-bond acceptors (Lipinski definition) is 5. The lowest BCUT2D eigenvalue weighted by molar-refractivity contribution is 0.104. The third-order valence-corrected chi connectivity index (χ3v) is 2.49. The standard InChI is InChI=1S/C13H8N2O3/c16-13(9-5-1-3-7-11(9)14-17)10-6-2-4-8-12(10)15-18/h1-8H. The van der Waals surface area contributed by atoms with Gasteiger partial charge in [-0.25, -0.2) is 0 Å². The maximum Gasteiger partial charge on any atom is 0.197 e. The highest BCUT2D eigenvalue weighted by Crippen LogP contribution is 2.26. The van der Waals surface area contributed by atoms with Crippen LogP contribution < -0.4 is 0 Å². The summed E-state index contributed by atoms with van der Waals surface area (Å²) in [6.45, 7) is 0. The quantitative estimate of drug-likeness (QED) is 0.603. The molecule has 0 unspecified atom stereocenters. The Hall–Kier alpha value is -2.69. The fraction of sp³-hybridized carbons (Fsp3) is 0. The Kier molecular flexibility index (Phi) is 3.33. The van der Waals surface area contributed by atoms with Crippen molar-refractivity contribution in [3.05, 3.63) is 69.5 Å². The Morgan fingerprint density at radius 1 is 0.722 bits per heavy atom. The van der Waals surface area contributed by atoms with Gasteiger partial charge in [0, 0.05) is 0 Å². The molecule has 0 saturated heterocycles. The van der Waals surface area contributed by atoms with E-state index in [0.29, 0.717) is 0 Å². The maximum atomic E-state index is 12.2. The summed E-state index contributed by atoms with van der Waals surface area (Å²) in [4.78, 5) is 33.5.